The maximum Gasteiger partial charge on any atom is 0.0829 e. The van der Waals surface area contributed by atoms with Crippen LogP contribution in [0, 0.1) is 0 Å². The van der Waals surface area contributed by atoms with E-state index in [0.717, 1.165) is 32.6 Å². The zero-order valence-electron chi connectivity index (χ0n) is 14.7. The second-order valence-electron chi connectivity index (χ2n) is 6.28. The Labute approximate surface area is 132 Å². The summed E-state index contributed by atoms with van der Waals surface area (Å²) >= 11 is 0. The first-order valence-corrected chi connectivity index (χ1v) is 9.21. The van der Waals surface area contributed by atoms with Gasteiger partial charge in [0.2, 0.25) is 0 Å². The monoisotopic (exact) mass is 299 g/mol. The number of hydrogen-bond acceptors (Lipinski definition) is 3. The molecule has 2 atom stereocenters. The molecule has 1 rings (SSSR count). The van der Waals surface area contributed by atoms with E-state index >= 15 is 0 Å². The molecule has 21 heavy (non-hydrogen) atoms. The number of rotatable bonds is 12. The van der Waals surface area contributed by atoms with Crippen molar-refractivity contribution in [3.8, 4) is 0 Å². The summed E-state index contributed by atoms with van der Waals surface area (Å²) in [4.78, 5) is 0. The fourth-order valence-corrected chi connectivity index (χ4v) is 3.63. The van der Waals surface area contributed by atoms with E-state index in [-0.39, 0.29) is 5.60 Å². The third-order valence-electron chi connectivity index (χ3n) is 4.95. The second-order valence-corrected chi connectivity index (χ2v) is 6.28. The molecule has 1 N–H and O–H groups in total. The lowest BCUT2D eigenvalue weighted by Crippen LogP contribution is -2.52. The molecular weight excluding hydrogens is 262 g/mol. The highest BCUT2D eigenvalue weighted by Crippen LogP contribution is 2.29. The normalized spacial score (nSPS) is 20.9. The third kappa shape index (κ3) is 5.88. The van der Waals surface area contributed by atoms with Gasteiger partial charge >= 0.3 is 0 Å². The molecule has 1 aliphatic rings. The number of ether oxygens (including phenoxy) is 2. The van der Waals surface area contributed by atoms with Crippen molar-refractivity contribution in [3.05, 3.63) is 0 Å². The molecular formula is C18H37NO2. The summed E-state index contributed by atoms with van der Waals surface area (Å²) in [6.07, 6.45) is 10.00. The minimum atomic E-state index is 0.000449. The summed E-state index contributed by atoms with van der Waals surface area (Å²) in [5.41, 5.74) is 0.000449. The Kier molecular flexibility index (Phi) is 9.54. The lowest BCUT2D eigenvalue weighted by Gasteiger charge is -2.40. The lowest BCUT2D eigenvalue weighted by molar-refractivity contribution is -0.0745. The molecule has 0 amide bonds. The van der Waals surface area contributed by atoms with Crippen LogP contribution in [0.5, 0.6) is 0 Å². The molecule has 1 fully saturated rings. The molecule has 1 heterocycles. The van der Waals surface area contributed by atoms with E-state index in [2.05, 4.69) is 33.0 Å². The van der Waals surface area contributed by atoms with Crippen LogP contribution in [0.25, 0.3) is 0 Å². The molecule has 0 aromatic heterocycles. The Morgan fingerprint density at radius 3 is 2.52 bits per heavy atom. The molecule has 0 spiro atoms. The predicted octanol–water partition coefficient (Wildman–Crippen LogP) is 4.30. The first kappa shape index (κ1) is 18.9. The van der Waals surface area contributed by atoms with Crippen molar-refractivity contribution in [1.82, 2.24) is 5.32 Å². The van der Waals surface area contributed by atoms with Gasteiger partial charge in [-0.25, -0.2) is 0 Å². The van der Waals surface area contributed by atoms with E-state index in [4.69, 9.17) is 9.47 Å². The van der Waals surface area contributed by atoms with Gasteiger partial charge in [-0.1, -0.05) is 20.8 Å². The Balaban J connectivity index is 2.54. The Morgan fingerprint density at radius 2 is 2.00 bits per heavy atom. The van der Waals surface area contributed by atoms with E-state index < -0.39 is 0 Å². The Morgan fingerprint density at radius 1 is 1.24 bits per heavy atom. The zero-order chi connectivity index (χ0) is 15.6. The van der Waals surface area contributed by atoms with Crippen LogP contribution >= 0.6 is 0 Å². The quantitative estimate of drug-likeness (QED) is 0.583. The predicted molar refractivity (Wildman–Crippen MR) is 89.8 cm³/mol. The smallest absolute Gasteiger partial charge is 0.0829 e. The molecule has 0 bridgehead atoms. The molecule has 3 heteroatoms. The molecule has 1 aliphatic heterocycles. The van der Waals surface area contributed by atoms with Gasteiger partial charge in [-0.3, -0.25) is 0 Å². The third-order valence-corrected chi connectivity index (χ3v) is 4.95. The van der Waals surface area contributed by atoms with E-state index in [1.165, 1.54) is 38.5 Å². The SMILES string of the molecule is CCCNC(CCCC1CCCO1)C(CC)(CC)OCC. The minimum Gasteiger partial charge on any atom is -0.378 e. The zero-order valence-corrected chi connectivity index (χ0v) is 14.7. The largest absolute Gasteiger partial charge is 0.378 e. The average Bonchev–Trinajstić information content (AvgIpc) is 3.02. The number of nitrogens with one attached hydrogen (secondary N) is 1. The van der Waals surface area contributed by atoms with Gasteiger partial charge in [-0.15, -0.1) is 0 Å². The maximum absolute atomic E-state index is 6.22. The first-order valence-electron chi connectivity index (χ1n) is 9.21. The van der Waals surface area contributed by atoms with Crippen molar-refractivity contribution < 1.29 is 9.47 Å². The van der Waals surface area contributed by atoms with Crippen LogP contribution in [0.4, 0.5) is 0 Å². The fraction of sp³-hybridized carbons (Fsp3) is 1.00. The van der Waals surface area contributed by atoms with Crippen LogP contribution in [-0.2, 0) is 9.47 Å². The summed E-state index contributed by atoms with van der Waals surface area (Å²) in [6, 6.07) is 0.466. The highest BCUT2D eigenvalue weighted by molar-refractivity contribution is 4.91. The van der Waals surface area contributed by atoms with Crippen LogP contribution in [-0.4, -0.2) is 37.5 Å². The van der Waals surface area contributed by atoms with E-state index in [1.807, 2.05) is 0 Å². The van der Waals surface area contributed by atoms with Crippen molar-refractivity contribution in [2.45, 2.75) is 96.8 Å². The van der Waals surface area contributed by atoms with Crippen LogP contribution < -0.4 is 5.32 Å². The highest BCUT2D eigenvalue weighted by Gasteiger charge is 2.35. The lowest BCUT2D eigenvalue weighted by atomic mass is 9.84. The molecule has 1 saturated heterocycles. The average molecular weight is 299 g/mol. The molecule has 126 valence electrons. The topological polar surface area (TPSA) is 30.5 Å². The standard InChI is InChI=1S/C18H37NO2/c1-5-14-19-17(18(6-2,7-3)21-8-4)13-9-11-16-12-10-15-20-16/h16-17,19H,5-15H2,1-4H3. The summed E-state index contributed by atoms with van der Waals surface area (Å²) in [6.45, 7) is 11.7. The van der Waals surface area contributed by atoms with Crippen molar-refractivity contribution in [2.24, 2.45) is 0 Å². The van der Waals surface area contributed by atoms with Crippen LogP contribution in [0.15, 0.2) is 0 Å². The van der Waals surface area contributed by atoms with Crippen molar-refractivity contribution in [2.75, 3.05) is 19.8 Å². The van der Waals surface area contributed by atoms with Gasteiger partial charge < -0.3 is 14.8 Å². The summed E-state index contributed by atoms with van der Waals surface area (Å²) in [7, 11) is 0. The molecule has 2 unspecified atom stereocenters. The van der Waals surface area contributed by atoms with Gasteiger partial charge in [0.25, 0.3) is 0 Å². The molecule has 0 aliphatic carbocycles. The van der Waals surface area contributed by atoms with Crippen molar-refractivity contribution >= 4 is 0 Å². The molecule has 0 saturated carbocycles. The van der Waals surface area contributed by atoms with E-state index in [0.29, 0.717) is 12.1 Å². The molecule has 0 aromatic rings. The summed E-state index contributed by atoms with van der Waals surface area (Å²) in [5.74, 6) is 0. The van der Waals surface area contributed by atoms with Gasteiger partial charge in [0, 0.05) is 19.3 Å². The summed E-state index contributed by atoms with van der Waals surface area (Å²) < 4.78 is 12.0. The van der Waals surface area contributed by atoms with Gasteiger partial charge in [-0.2, -0.15) is 0 Å². The number of hydrogen-bond donors (Lipinski definition) is 1. The molecule has 3 nitrogen and oxygen atoms in total. The van der Waals surface area contributed by atoms with Crippen molar-refractivity contribution in [1.29, 1.82) is 0 Å². The van der Waals surface area contributed by atoms with E-state index in [1.54, 1.807) is 0 Å². The van der Waals surface area contributed by atoms with Crippen LogP contribution in [0.1, 0.15) is 79.1 Å². The van der Waals surface area contributed by atoms with Gasteiger partial charge in [-0.05, 0) is 64.8 Å². The second kappa shape index (κ2) is 10.6. The van der Waals surface area contributed by atoms with Crippen LogP contribution in [0.2, 0.25) is 0 Å². The van der Waals surface area contributed by atoms with Crippen molar-refractivity contribution in [3.63, 3.8) is 0 Å². The Hall–Kier alpha value is -0.120. The minimum absolute atomic E-state index is 0.000449. The first-order chi connectivity index (χ1) is 10.2. The van der Waals surface area contributed by atoms with Gasteiger partial charge in [0.15, 0.2) is 0 Å². The summed E-state index contributed by atoms with van der Waals surface area (Å²) in [5, 5.41) is 3.76. The fourth-order valence-electron chi connectivity index (χ4n) is 3.63. The van der Waals surface area contributed by atoms with Gasteiger partial charge in [0.05, 0.1) is 11.7 Å². The highest BCUT2D eigenvalue weighted by atomic mass is 16.5. The van der Waals surface area contributed by atoms with E-state index in [9.17, 15) is 0 Å². The van der Waals surface area contributed by atoms with Crippen LogP contribution in [0.3, 0.4) is 0 Å². The molecule has 0 radical (unpaired) electrons. The Bertz CT molecular complexity index is 248. The maximum atomic E-state index is 6.22. The molecule has 0 aromatic carbocycles. The van der Waals surface area contributed by atoms with Gasteiger partial charge in [0.1, 0.15) is 0 Å².